The Hall–Kier alpha value is -1.46. The van der Waals surface area contributed by atoms with Crippen LogP contribution >= 0.6 is 24.0 Å². The lowest BCUT2D eigenvalue weighted by atomic mass is 10.2. The third-order valence-corrected chi connectivity index (χ3v) is 2.92. The quantitative estimate of drug-likeness (QED) is 0.252. The van der Waals surface area contributed by atoms with Gasteiger partial charge in [-0.15, -0.1) is 24.0 Å². The first-order valence-corrected chi connectivity index (χ1v) is 7.17. The lowest BCUT2D eigenvalue weighted by molar-refractivity contribution is -0.132. The molecule has 0 unspecified atom stereocenters. The van der Waals surface area contributed by atoms with Crippen LogP contribution in [0, 0.1) is 6.92 Å². The number of nitrogens with one attached hydrogen (secondary N) is 3. The number of amides is 1. The van der Waals surface area contributed by atoms with Gasteiger partial charge in [-0.05, 0) is 19.4 Å². The fourth-order valence-corrected chi connectivity index (χ4v) is 1.73. The first kappa shape index (κ1) is 22.5. The van der Waals surface area contributed by atoms with Gasteiger partial charge in [-0.25, -0.2) is 0 Å². The summed E-state index contributed by atoms with van der Waals surface area (Å²) in [4.78, 5) is 15.6. The molecule has 3 N–H and O–H groups in total. The van der Waals surface area contributed by atoms with Crippen molar-refractivity contribution in [2.45, 2.75) is 25.9 Å². The summed E-state index contributed by atoms with van der Waals surface area (Å²) in [5.41, 5.74) is 0.759. The van der Waals surface area contributed by atoms with E-state index in [1.807, 2.05) is 0 Å². The fourth-order valence-electron chi connectivity index (χ4n) is 1.73. The molecule has 0 saturated heterocycles. The van der Waals surface area contributed by atoms with Crippen molar-refractivity contribution in [3.05, 3.63) is 23.7 Å². The number of nitrogens with zero attached hydrogens (tertiary/aromatic N) is 1. The monoisotopic (exact) mass is 462 g/mol. The van der Waals surface area contributed by atoms with Gasteiger partial charge in [0.25, 0.3) is 5.91 Å². The maximum Gasteiger partial charge on any atom is 0.390 e. The summed E-state index contributed by atoms with van der Waals surface area (Å²) in [6.45, 7) is 2.41. The van der Waals surface area contributed by atoms with Crippen molar-refractivity contribution >= 4 is 35.8 Å². The molecule has 1 aromatic heterocycles. The van der Waals surface area contributed by atoms with Crippen molar-refractivity contribution in [1.82, 2.24) is 16.0 Å². The second-order valence-corrected chi connectivity index (χ2v) is 4.83. The van der Waals surface area contributed by atoms with Crippen LogP contribution in [0.15, 0.2) is 21.7 Å². The number of aliphatic imine (C=N–C) groups is 1. The van der Waals surface area contributed by atoms with E-state index in [0.717, 1.165) is 5.56 Å². The van der Waals surface area contributed by atoms with Crippen molar-refractivity contribution in [2.24, 2.45) is 4.99 Å². The number of halogens is 4. The van der Waals surface area contributed by atoms with E-state index in [4.69, 9.17) is 4.42 Å². The van der Waals surface area contributed by atoms with E-state index in [0.29, 0.717) is 25.5 Å². The first-order valence-electron chi connectivity index (χ1n) is 7.17. The minimum atomic E-state index is -4.19. The Bertz CT molecular complexity index is 532. The average Bonchev–Trinajstić information content (AvgIpc) is 2.89. The van der Waals surface area contributed by atoms with E-state index in [1.165, 1.54) is 13.3 Å². The van der Waals surface area contributed by atoms with E-state index in [2.05, 4.69) is 20.9 Å². The highest BCUT2D eigenvalue weighted by Crippen LogP contribution is 2.17. The van der Waals surface area contributed by atoms with Crippen molar-refractivity contribution < 1.29 is 22.4 Å². The predicted molar refractivity (Wildman–Crippen MR) is 95.8 cm³/mol. The molecule has 1 amide bonds. The van der Waals surface area contributed by atoms with Crippen LogP contribution in [0.5, 0.6) is 0 Å². The topological polar surface area (TPSA) is 78.7 Å². The number of furan rings is 1. The third kappa shape index (κ3) is 8.99. The van der Waals surface area contributed by atoms with Gasteiger partial charge in [0.2, 0.25) is 0 Å². The average molecular weight is 462 g/mol. The normalized spacial score (nSPS) is 11.6. The summed E-state index contributed by atoms with van der Waals surface area (Å²) < 4.78 is 41.2. The van der Waals surface area contributed by atoms with E-state index in [1.54, 1.807) is 13.0 Å². The van der Waals surface area contributed by atoms with Crippen LogP contribution in [0.3, 0.4) is 0 Å². The molecule has 0 bridgehead atoms. The fraction of sp³-hybridized carbons (Fsp3) is 0.571. The van der Waals surface area contributed by atoms with Crippen molar-refractivity contribution in [2.75, 3.05) is 26.7 Å². The predicted octanol–water partition coefficient (Wildman–Crippen LogP) is 2.44. The van der Waals surface area contributed by atoms with Gasteiger partial charge >= 0.3 is 6.18 Å². The summed E-state index contributed by atoms with van der Waals surface area (Å²) in [5.74, 6) is 0.283. The number of carbonyl (C=O) groups is 1. The van der Waals surface area contributed by atoms with Crippen LogP contribution in [0.25, 0.3) is 0 Å². The van der Waals surface area contributed by atoms with Gasteiger partial charge in [0.15, 0.2) is 11.7 Å². The standard InChI is InChI=1S/C14H21F3N4O2.HI/c1-10-4-9-23-11(10)12(22)19-6-3-7-20-13(18-2)21-8-5-14(15,16)17;/h4,9H,3,5-8H2,1-2H3,(H,19,22)(H2,18,20,21);1H. The largest absolute Gasteiger partial charge is 0.459 e. The zero-order valence-electron chi connectivity index (χ0n) is 13.5. The highest BCUT2D eigenvalue weighted by atomic mass is 127. The molecule has 1 aromatic rings. The maximum atomic E-state index is 12.0. The number of rotatable bonds is 7. The van der Waals surface area contributed by atoms with Gasteiger partial charge in [0, 0.05) is 32.2 Å². The van der Waals surface area contributed by atoms with Crippen LogP contribution < -0.4 is 16.0 Å². The van der Waals surface area contributed by atoms with E-state index >= 15 is 0 Å². The Morgan fingerprint density at radius 2 is 1.83 bits per heavy atom. The van der Waals surface area contributed by atoms with Gasteiger partial charge in [0.1, 0.15) is 0 Å². The number of carbonyl (C=O) groups excluding carboxylic acids is 1. The smallest absolute Gasteiger partial charge is 0.390 e. The molecule has 24 heavy (non-hydrogen) atoms. The molecule has 0 atom stereocenters. The summed E-state index contributed by atoms with van der Waals surface area (Å²) >= 11 is 0. The summed E-state index contributed by atoms with van der Waals surface area (Å²) in [6, 6.07) is 1.70. The molecule has 138 valence electrons. The Kier molecular flexibility index (Phi) is 10.5. The molecule has 0 aliphatic heterocycles. The molecule has 0 aliphatic rings. The highest BCUT2D eigenvalue weighted by molar-refractivity contribution is 14.0. The minimum absolute atomic E-state index is 0. The Morgan fingerprint density at radius 3 is 2.38 bits per heavy atom. The van der Waals surface area contributed by atoms with Crippen LogP contribution in [-0.4, -0.2) is 44.7 Å². The number of guanidine groups is 1. The number of hydrogen-bond acceptors (Lipinski definition) is 3. The van der Waals surface area contributed by atoms with Crippen molar-refractivity contribution in [3.8, 4) is 0 Å². The van der Waals surface area contributed by atoms with Gasteiger partial charge in [0.05, 0.1) is 12.7 Å². The van der Waals surface area contributed by atoms with E-state index in [9.17, 15) is 18.0 Å². The van der Waals surface area contributed by atoms with Gasteiger partial charge in [-0.1, -0.05) is 0 Å². The molecule has 0 spiro atoms. The number of hydrogen-bond donors (Lipinski definition) is 3. The molecule has 0 aromatic carbocycles. The Balaban J connectivity index is 0.00000529. The number of aryl methyl sites for hydroxylation is 1. The molecular weight excluding hydrogens is 440 g/mol. The van der Waals surface area contributed by atoms with Crippen molar-refractivity contribution in [1.29, 1.82) is 0 Å². The van der Waals surface area contributed by atoms with Crippen LogP contribution in [0.4, 0.5) is 13.2 Å². The lowest BCUT2D eigenvalue weighted by Crippen LogP contribution is -2.40. The first-order chi connectivity index (χ1) is 10.8. The van der Waals surface area contributed by atoms with E-state index in [-0.39, 0.29) is 42.2 Å². The summed E-state index contributed by atoms with van der Waals surface area (Å²) in [6.07, 6.45) is -3.08. The molecular formula is C14H22F3IN4O2. The maximum absolute atomic E-state index is 12.0. The second-order valence-electron chi connectivity index (χ2n) is 4.83. The SMILES string of the molecule is CN=C(NCCCNC(=O)c1occc1C)NCCC(F)(F)F.I. The molecule has 10 heteroatoms. The Labute approximate surface area is 155 Å². The molecule has 0 radical (unpaired) electrons. The van der Waals surface area contributed by atoms with Gasteiger partial charge in [-0.3, -0.25) is 9.79 Å². The van der Waals surface area contributed by atoms with Crippen LogP contribution in [0.1, 0.15) is 29.0 Å². The summed E-state index contributed by atoms with van der Waals surface area (Å²) in [7, 11) is 1.48. The lowest BCUT2D eigenvalue weighted by Gasteiger charge is -2.13. The minimum Gasteiger partial charge on any atom is -0.459 e. The zero-order valence-corrected chi connectivity index (χ0v) is 15.8. The van der Waals surface area contributed by atoms with Crippen LogP contribution in [0.2, 0.25) is 0 Å². The molecule has 1 heterocycles. The highest BCUT2D eigenvalue weighted by Gasteiger charge is 2.26. The molecule has 1 rings (SSSR count). The Morgan fingerprint density at radius 1 is 1.21 bits per heavy atom. The molecule has 6 nitrogen and oxygen atoms in total. The zero-order chi connectivity index (χ0) is 17.3. The molecule has 0 saturated carbocycles. The van der Waals surface area contributed by atoms with Crippen molar-refractivity contribution in [3.63, 3.8) is 0 Å². The van der Waals surface area contributed by atoms with Crippen LogP contribution in [-0.2, 0) is 0 Å². The van der Waals surface area contributed by atoms with Gasteiger partial charge in [-0.2, -0.15) is 13.2 Å². The molecule has 0 aliphatic carbocycles. The summed E-state index contributed by atoms with van der Waals surface area (Å²) in [5, 5.41) is 8.14. The number of alkyl halides is 3. The molecule has 0 fully saturated rings. The third-order valence-electron chi connectivity index (χ3n) is 2.92. The van der Waals surface area contributed by atoms with Gasteiger partial charge < -0.3 is 20.4 Å². The second kappa shape index (κ2) is 11.2. The van der Waals surface area contributed by atoms with E-state index < -0.39 is 12.6 Å².